The van der Waals surface area contributed by atoms with E-state index in [0.717, 1.165) is 11.1 Å². The van der Waals surface area contributed by atoms with Gasteiger partial charge in [-0.2, -0.15) is 0 Å². The van der Waals surface area contributed by atoms with Crippen LogP contribution >= 0.6 is 15.9 Å². The zero-order valence-electron chi connectivity index (χ0n) is 23.3. The molecule has 10 heteroatoms. The second kappa shape index (κ2) is 10.3. The number of para-hydroxylation sites is 1. The number of methoxy groups -OCH3 is 1. The number of amides is 1. The number of fused-ring (bicyclic) bond motifs is 6. The van der Waals surface area contributed by atoms with Crippen molar-refractivity contribution in [3.05, 3.63) is 140 Å². The molecule has 0 unspecified atom stereocenters. The van der Waals surface area contributed by atoms with E-state index < -0.39 is 40.0 Å². The maximum atomic E-state index is 14.9. The number of nitro groups is 1. The highest BCUT2D eigenvalue weighted by Gasteiger charge is 2.70. The summed E-state index contributed by atoms with van der Waals surface area (Å²) in [6.07, 6.45) is 3.66. The Bertz CT molecular complexity index is 1940. The number of carbonyl (C=O) groups is 3. The fourth-order valence-electron chi connectivity index (χ4n) is 7.11. The lowest BCUT2D eigenvalue weighted by Crippen LogP contribution is -2.49. The molecule has 1 fully saturated rings. The molecule has 1 saturated heterocycles. The van der Waals surface area contributed by atoms with Crippen molar-refractivity contribution in [2.75, 3.05) is 12.4 Å². The molecular formula is C34H24BrN3O6. The first-order valence-corrected chi connectivity index (χ1v) is 14.7. The Morgan fingerprint density at radius 2 is 1.70 bits per heavy atom. The van der Waals surface area contributed by atoms with Crippen LogP contribution < -0.4 is 10.1 Å². The molecule has 0 bridgehead atoms. The van der Waals surface area contributed by atoms with Crippen LogP contribution in [0.4, 0.5) is 11.4 Å². The van der Waals surface area contributed by atoms with Crippen LogP contribution in [-0.2, 0) is 10.2 Å². The zero-order valence-corrected chi connectivity index (χ0v) is 24.9. The molecule has 4 atom stereocenters. The number of nitrogens with zero attached hydrogens (tertiary/aromatic N) is 2. The molecule has 4 aromatic rings. The molecule has 3 heterocycles. The number of hydrogen-bond donors (Lipinski definition) is 1. The average Bonchev–Trinajstić information content (AvgIpc) is 3.52. The van der Waals surface area contributed by atoms with Crippen LogP contribution in [0, 0.1) is 16.0 Å². The summed E-state index contributed by atoms with van der Waals surface area (Å²) >= 11 is 3.47. The van der Waals surface area contributed by atoms with Crippen LogP contribution in [0.25, 0.3) is 6.08 Å². The second-order valence-corrected chi connectivity index (χ2v) is 11.8. The number of halogens is 1. The van der Waals surface area contributed by atoms with Gasteiger partial charge in [-0.3, -0.25) is 24.5 Å². The van der Waals surface area contributed by atoms with Crippen molar-refractivity contribution in [1.29, 1.82) is 0 Å². The SMILES string of the molecule is COc1ccc(C(=O)[C@@H]2[C@H](C(=O)c3cccc([N+](=O)[O-])c3)[C@]3(C(=O)Nc4ccccc43)[C@@H]3c4ccccc4C=CN23)cc1Br. The topological polar surface area (TPSA) is 119 Å². The van der Waals surface area contributed by atoms with Crippen molar-refractivity contribution in [2.24, 2.45) is 5.92 Å². The van der Waals surface area contributed by atoms with Gasteiger partial charge in [0.15, 0.2) is 11.6 Å². The fraction of sp³-hybridized carbons (Fsp3) is 0.147. The van der Waals surface area contributed by atoms with Gasteiger partial charge in [0.2, 0.25) is 5.91 Å². The molecule has 4 aromatic carbocycles. The van der Waals surface area contributed by atoms with Gasteiger partial charge in [0.05, 0.1) is 28.5 Å². The molecule has 0 saturated carbocycles. The van der Waals surface area contributed by atoms with Crippen LogP contribution in [0.3, 0.4) is 0 Å². The lowest BCUT2D eigenvalue weighted by Gasteiger charge is -2.38. The number of anilines is 1. The Kier molecular flexibility index (Phi) is 6.47. The van der Waals surface area contributed by atoms with E-state index in [0.29, 0.717) is 27.0 Å². The third-order valence-corrected chi connectivity index (χ3v) is 9.52. The molecule has 3 aliphatic rings. The van der Waals surface area contributed by atoms with Crippen LogP contribution in [0.15, 0.2) is 102 Å². The highest BCUT2D eigenvalue weighted by molar-refractivity contribution is 9.10. The maximum absolute atomic E-state index is 14.9. The number of ketones is 2. The van der Waals surface area contributed by atoms with Gasteiger partial charge in [-0.1, -0.05) is 54.6 Å². The Morgan fingerprint density at radius 3 is 2.48 bits per heavy atom. The fourth-order valence-corrected chi connectivity index (χ4v) is 7.65. The number of benzene rings is 4. The number of ether oxygens (including phenoxy) is 1. The Balaban J connectivity index is 1.52. The van der Waals surface area contributed by atoms with E-state index in [1.165, 1.54) is 31.4 Å². The van der Waals surface area contributed by atoms with Crippen molar-refractivity contribution < 1.29 is 24.0 Å². The smallest absolute Gasteiger partial charge is 0.270 e. The van der Waals surface area contributed by atoms with E-state index in [9.17, 15) is 24.5 Å². The van der Waals surface area contributed by atoms with E-state index in [4.69, 9.17) is 4.74 Å². The minimum Gasteiger partial charge on any atom is -0.496 e. The predicted molar refractivity (Wildman–Crippen MR) is 167 cm³/mol. The van der Waals surface area contributed by atoms with Crippen molar-refractivity contribution in [3.63, 3.8) is 0 Å². The number of hydrogen-bond acceptors (Lipinski definition) is 7. The van der Waals surface area contributed by atoms with E-state index in [-0.39, 0.29) is 17.0 Å². The minimum atomic E-state index is -1.54. The van der Waals surface area contributed by atoms with E-state index >= 15 is 0 Å². The molecule has 1 N–H and O–H groups in total. The van der Waals surface area contributed by atoms with Crippen molar-refractivity contribution in [2.45, 2.75) is 17.5 Å². The van der Waals surface area contributed by atoms with Crippen LogP contribution in [0.5, 0.6) is 5.75 Å². The molecule has 9 nitrogen and oxygen atoms in total. The third kappa shape index (κ3) is 3.87. The molecule has 1 spiro atoms. The quantitative estimate of drug-likeness (QED) is 0.147. The second-order valence-electron chi connectivity index (χ2n) is 11.0. The number of carbonyl (C=O) groups excluding carboxylic acids is 3. The molecule has 1 amide bonds. The minimum absolute atomic E-state index is 0.0478. The summed E-state index contributed by atoms with van der Waals surface area (Å²) in [4.78, 5) is 57.1. The van der Waals surface area contributed by atoms with Gasteiger partial charge in [-0.05, 0) is 63.0 Å². The molecule has 218 valence electrons. The molecule has 0 aliphatic carbocycles. The summed E-state index contributed by atoms with van der Waals surface area (Å²) in [6.45, 7) is 0. The lowest BCUT2D eigenvalue weighted by atomic mass is 9.62. The van der Waals surface area contributed by atoms with Gasteiger partial charge in [-0.25, -0.2) is 0 Å². The molecule has 44 heavy (non-hydrogen) atoms. The highest BCUT2D eigenvalue weighted by Crippen LogP contribution is 2.62. The standard InChI is InChI=1S/C34H24BrN3O6/c1-44-27-14-13-21(18-25(27)35)31(40)29-28(30(39)20-8-6-9-22(17-20)38(42)43)34(24-11-4-5-12-26(24)36-33(34)41)32-23-10-3-2-7-19(23)15-16-37(29)32/h2-18,28-29,32H,1H3,(H,36,41)/t28-,29+,32+,34+/m1/s1. The van der Waals surface area contributed by atoms with Gasteiger partial charge < -0.3 is 15.0 Å². The number of Topliss-reactive ketones (excluding diaryl/α,β-unsaturated/α-hetero) is 2. The van der Waals surface area contributed by atoms with Gasteiger partial charge >= 0.3 is 0 Å². The average molecular weight is 650 g/mol. The largest absolute Gasteiger partial charge is 0.496 e. The summed E-state index contributed by atoms with van der Waals surface area (Å²) in [5.41, 5.74) is 1.38. The Morgan fingerprint density at radius 1 is 0.955 bits per heavy atom. The zero-order chi connectivity index (χ0) is 30.7. The van der Waals surface area contributed by atoms with Crippen LogP contribution in [-0.4, -0.2) is 40.4 Å². The molecule has 0 radical (unpaired) electrons. The lowest BCUT2D eigenvalue weighted by molar-refractivity contribution is -0.384. The van der Waals surface area contributed by atoms with Gasteiger partial charge in [0, 0.05) is 35.1 Å². The first-order valence-electron chi connectivity index (χ1n) is 13.9. The van der Waals surface area contributed by atoms with Crippen molar-refractivity contribution in [3.8, 4) is 5.75 Å². The monoisotopic (exact) mass is 649 g/mol. The van der Waals surface area contributed by atoms with Gasteiger partial charge in [0.1, 0.15) is 17.2 Å². The first kappa shape index (κ1) is 27.7. The summed E-state index contributed by atoms with van der Waals surface area (Å²) in [7, 11) is 1.52. The summed E-state index contributed by atoms with van der Waals surface area (Å²) in [5, 5.41) is 14.7. The first-order chi connectivity index (χ1) is 21.3. The number of nitro benzene ring substituents is 1. The van der Waals surface area contributed by atoms with Gasteiger partial charge in [-0.15, -0.1) is 0 Å². The normalized spacial score (nSPS) is 22.6. The summed E-state index contributed by atoms with van der Waals surface area (Å²) in [5.74, 6) is -2.04. The maximum Gasteiger partial charge on any atom is 0.270 e. The molecule has 3 aliphatic heterocycles. The highest BCUT2D eigenvalue weighted by atomic mass is 79.9. The molecular weight excluding hydrogens is 626 g/mol. The van der Waals surface area contributed by atoms with E-state index in [1.54, 1.807) is 42.6 Å². The number of nitrogens with one attached hydrogen (secondary N) is 1. The molecule has 0 aromatic heterocycles. The van der Waals surface area contributed by atoms with Crippen LogP contribution in [0.2, 0.25) is 0 Å². The predicted octanol–water partition coefficient (Wildman–Crippen LogP) is 6.35. The van der Waals surface area contributed by atoms with Crippen LogP contribution in [0.1, 0.15) is 43.4 Å². The Hall–Kier alpha value is -5.09. The van der Waals surface area contributed by atoms with Crippen molar-refractivity contribution in [1.82, 2.24) is 4.90 Å². The number of rotatable bonds is 6. The third-order valence-electron chi connectivity index (χ3n) is 8.90. The summed E-state index contributed by atoms with van der Waals surface area (Å²) < 4.78 is 5.92. The molecule has 7 rings (SSSR count). The van der Waals surface area contributed by atoms with E-state index in [2.05, 4.69) is 21.2 Å². The van der Waals surface area contributed by atoms with Gasteiger partial charge in [0.25, 0.3) is 5.69 Å². The van der Waals surface area contributed by atoms with Crippen molar-refractivity contribution >= 4 is 50.9 Å². The van der Waals surface area contributed by atoms with E-state index in [1.807, 2.05) is 41.3 Å². The summed E-state index contributed by atoms with van der Waals surface area (Å²) in [6, 6.07) is 23.3. The Labute approximate surface area is 260 Å². The number of non-ortho nitro benzene ring substituents is 1.